The normalized spacial score (nSPS) is 11.6. The van der Waals surface area contributed by atoms with E-state index in [0.717, 1.165) is 23.9 Å². The quantitative estimate of drug-likeness (QED) is 0.626. The lowest BCUT2D eigenvalue weighted by Crippen LogP contribution is -2.14. The molecule has 0 radical (unpaired) electrons. The first-order chi connectivity index (χ1) is 12.4. The lowest BCUT2D eigenvalue weighted by molar-refractivity contribution is 0.411. The molecule has 1 heterocycles. The molecule has 0 spiro atoms. The molecule has 0 fully saturated rings. The molecule has 0 unspecified atom stereocenters. The second kappa shape index (κ2) is 8.33. The summed E-state index contributed by atoms with van der Waals surface area (Å²) in [5.74, 6) is 0.696. The van der Waals surface area contributed by atoms with Gasteiger partial charge in [0.15, 0.2) is 0 Å². The van der Waals surface area contributed by atoms with Gasteiger partial charge in [0.25, 0.3) is 0 Å². The maximum absolute atomic E-state index is 13.2. The number of hydrogen-bond donors (Lipinski definition) is 0. The van der Waals surface area contributed by atoms with Crippen LogP contribution in [0.4, 0.5) is 0 Å². The highest BCUT2D eigenvalue weighted by Crippen LogP contribution is 2.37. The van der Waals surface area contributed by atoms with Crippen LogP contribution < -0.4 is 4.74 Å². The van der Waals surface area contributed by atoms with Crippen LogP contribution in [0.15, 0.2) is 58.5 Å². The Morgan fingerprint density at radius 1 is 1.07 bits per heavy atom. The van der Waals surface area contributed by atoms with Crippen LogP contribution in [-0.4, -0.2) is 45.6 Å². The van der Waals surface area contributed by atoms with E-state index in [1.165, 1.54) is 0 Å². The minimum Gasteiger partial charge on any atom is -0.496 e. The van der Waals surface area contributed by atoms with Crippen LogP contribution in [0.25, 0.3) is 10.9 Å². The van der Waals surface area contributed by atoms with Crippen LogP contribution in [0.5, 0.6) is 5.75 Å². The van der Waals surface area contributed by atoms with Crippen molar-refractivity contribution < 1.29 is 13.2 Å². The van der Waals surface area contributed by atoms with E-state index in [2.05, 4.69) is 4.90 Å². The van der Waals surface area contributed by atoms with Crippen molar-refractivity contribution in [3.05, 3.63) is 54.2 Å². The molecule has 5 nitrogen and oxygen atoms in total. The number of aromatic nitrogens is 1. The second-order valence-electron chi connectivity index (χ2n) is 6.62. The van der Waals surface area contributed by atoms with Crippen LogP contribution in [0.1, 0.15) is 5.56 Å². The van der Waals surface area contributed by atoms with Gasteiger partial charge in [0, 0.05) is 25.2 Å². The first kappa shape index (κ1) is 21.3. The van der Waals surface area contributed by atoms with E-state index < -0.39 is 9.84 Å². The maximum Gasteiger partial charge on any atom is 0.208 e. The number of ether oxygens (including phenoxy) is 1. The molecular weight excluding hydrogens is 384 g/mol. The molecule has 0 atom stereocenters. The van der Waals surface area contributed by atoms with Crippen molar-refractivity contribution in [2.45, 2.75) is 16.2 Å². The van der Waals surface area contributed by atoms with Crippen LogP contribution >= 0.6 is 12.4 Å². The fourth-order valence-electron chi connectivity index (χ4n) is 3.22. The Morgan fingerprint density at radius 2 is 1.74 bits per heavy atom. The standard InChI is InChI=1S/C20H24N2O3S.ClH/c1-21(2)13-12-15-14-22(3)20-18(11-10-17(25-4)19(15)20)26(23,24)16-8-6-5-7-9-16;/h5-11,14H,12-13H2,1-4H3;1H. The van der Waals surface area contributed by atoms with Crippen molar-refractivity contribution in [3.8, 4) is 5.75 Å². The van der Waals surface area contributed by atoms with Crippen molar-refractivity contribution in [1.82, 2.24) is 9.47 Å². The summed E-state index contributed by atoms with van der Waals surface area (Å²) in [4.78, 5) is 2.70. The van der Waals surface area contributed by atoms with Crippen LogP contribution in [-0.2, 0) is 23.3 Å². The van der Waals surface area contributed by atoms with E-state index >= 15 is 0 Å². The summed E-state index contributed by atoms with van der Waals surface area (Å²) in [7, 11) is 3.92. The molecule has 146 valence electrons. The average Bonchev–Trinajstić information content (AvgIpc) is 2.97. The molecule has 0 N–H and O–H groups in total. The zero-order valence-corrected chi connectivity index (χ0v) is 17.6. The third-order valence-corrected chi connectivity index (χ3v) is 6.32. The Kier molecular flexibility index (Phi) is 6.57. The van der Waals surface area contributed by atoms with Gasteiger partial charge in [0.1, 0.15) is 5.75 Å². The zero-order valence-electron chi connectivity index (χ0n) is 16.0. The van der Waals surface area contributed by atoms with Crippen LogP contribution in [0.2, 0.25) is 0 Å². The fraction of sp³-hybridized carbons (Fsp3) is 0.300. The number of hydrogen-bond acceptors (Lipinski definition) is 4. The SMILES string of the molecule is COc1ccc(S(=O)(=O)c2ccccc2)c2c1c(CCN(C)C)cn2C.Cl. The topological polar surface area (TPSA) is 51.5 Å². The molecule has 0 aliphatic carbocycles. The molecule has 0 bridgehead atoms. The highest BCUT2D eigenvalue weighted by Gasteiger charge is 2.25. The number of benzene rings is 2. The third-order valence-electron chi connectivity index (χ3n) is 4.52. The van der Waals surface area contributed by atoms with Crippen molar-refractivity contribution in [1.29, 1.82) is 0 Å². The number of fused-ring (bicyclic) bond motifs is 1. The molecule has 0 amide bonds. The van der Waals surface area contributed by atoms with Gasteiger partial charge in [-0.3, -0.25) is 0 Å². The van der Waals surface area contributed by atoms with Gasteiger partial charge in [-0.25, -0.2) is 8.42 Å². The molecule has 0 aliphatic rings. The molecule has 0 saturated heterocycles. The molecule has 3 aromatic rings. The average molecular weight is 409 g/mol. The summed E-state index contributed by atoms with van der Waals surface area (Å²) in [5, 5.41) is 0.869. The highest BCUT2D eigenvalue weighted by atomic mass is 35.5. The Bertz CT molecular complexity index is 1030. The number of halogens is 1. The third kappa shape index (κ3) is 3.98. The maximum atomic E-state index is 13.2. The van der Waals surface area contributed by atoms with Gasteiger partial charge in [0.05, 0.1) is 22.4 Å². The number of aryl methyl sites for hydroxylation is 1. The van der Waals surface area contributed by atoms with Crippen molar-refractivity contribution in [3.63, 3.8) is 0 Å². The lowest BCUT2D eigenvalue weighted by atomic mass is 10.1. The number of sulfone groups is 1. The van der Waals surface area contributed by atoms with E-state index in [0.29, 0.717) is 21.1 Å². The smallest absolute Gasteiger partial charge is 0.208 e. The van der Waals surface area contributed by atoms with Gasteiger partial charge in [-0.2, -0.15) is 0 Å². The molecule has 27 heavy (non-hydrogen) atoms. The molecule has 0 saturated carbocycles. The van der Waals surface area contributed by atoms with E-state index in [1.54, 1.807) is 43.5 Å². The predicted octanol–water partition coefficient (Wildman–Crippen LogP) is 3.55. The van der Waals surface area contributed by atoms with Gasteiger partial charge < -0.3 is 14.2 Å². The molecule has 3 rings (SSSR count). The minimum absolute atomic E-state index is 0. The number of likely N-dealkylation sites (N-methyl/N-ethyl adjacent to an activating group) is 1. The summed E-state index contributed by atoms with van der Waals surface area (Å²) < 4.78 is 33.9. The predicted molar refractivity (Wildman–Crippen MR) is 111 cm³/mol. The first-order valence-electron chi connectivity index (χ1n) is 8.46. The largest absolute Gasteiger partial charge is 0.496 e. The van der Waals surface area contributed by atoms with Gasteiger partial charge in [0.2, 0.25) is 9.84 Å². The van der Waals surface area contributed by atoms with Crippen molar-refractivity contribution in [2.75, 3.05) is 27.7 Å². The summed E-state index contributed by atoms with van der Waals surface area (Å²) in [5.41, 5.74) is 1.76. The number of methoxy groups -OCH3 is 1. The van der Waals surface area contributed by atoms with Gasteiger partial charge in [-0.1, -0.05) is 18.2 Å². The van der Waals surface area contributed by atoms with Crippen molar-refractivity contribution in [2.24, 2.45) is 7.05 Å². The van der Waals surface area contributed by atoms with Crippen LogP contribution in [0, 0.1) is 0 Å². The Morgan fingerprint density at radius 3 is 2.33 bits per heavy atom. The Hall–Kier alpha value is -2.02. The van der Waals surface area contributed by atoms with Gasteiger partial charge in [-0.15, -0.1) is 12.4 Å². The molecule has 2 aromatic carbocycles. The highest BCUT2D eigenvalue weighted by molar-refractivity contribution is 7.91. The Labute approximate surface area is 166 Å². The van der Waals surface area contributed by atoms with E-state index in [1.807, 2.05) is 38.0 Å². The molecular formula is C20H25ClN2O3S. The van der Waals surface area contributed by atoms with Gasteiger partial charge >= 0.3 is 0 Å². The number of nitrogens with zero attached hydrogens (tertiary/aromatic N) is 2. The monoisotopic (exact) mass is 408 g/mol. The minimum atomic E-state index is -3.62. The summed E-state index contributed by atoms with van der Waals surface area (Å²) in [6.45, 7) is 0.873. The molecule has 7 heteroatoms. The first-order valence-corrected chi connectivity index (χ1v) is 9.94. The van der Waals surface area contributed by atoms with Crippen LogP contribution in [0.3, 0.4) is 0 Å². The molecule has 0 aliphatic heterocycles. The summed E-state index contributed by atoms with van der Waals surface area (Å²) in [6, 6.07) is 11.9. The summed E-state index contributed by atoms with van der Waals surface area (Å²) in [6.07, 6.45) is 2.82. The van der Waals surface area contributed by atoms with E-state index in [4.69, 9.17) is 4.74 Å². The second-order valence-corrected chi connectivity index (χ2v) is 8.54. The lowest BCUT2D eigenvalue weighted by Gasteiger charge is -2.12. The Balaban J connectivity index is 0.00000261. The van der Waals surface area contributed by atoms with Crippen molar-refractivity contribution >= 4 is 33.1 Å². The van der Waals surface area contributed by atoms with E-state index in [-0.39, 0.29) is 12.4 Å². The zero-order chi connectivity index (χ0) is 18.9. The summed E-state index contributed by atoms with van der Waals surface area (Å²) >= 11 is 0. The van der Waals surface area contributed by atoms with Gasteiger partial charge in [-0.05, 0) is 50.3 Å². The number of rotatable bonds is 6. The molecule has 1 aromatic heterocycles. The fourth-order valence-corrected chi connectivity index (χ4v) is 4.74. The van der Waals surface area contributed by atoms with E-state index in [9.17, 15) is 8.42 Å².